The normalized spacial score (nSPS) is 10.8. The van der Waals surface area contributed by atoms with E-state index in [9.17, 15) is 4.79 Å². The van der Waals surface area contributed by atoms with Crippen molar-refractivity contribution in [2.45, 2.75) is 13.8 Å². The van der Waals surface area contributed by atoms with Gasteiger partial charge in [0.1, 0.15) is 5.69 Å². The monoisotopic (exact) mass is 343 g/mol. The fourth-order valence-electron chi connectivity index (χ4n) is 2.88. The molecule has 3 heterocycles. The van der Waals surface area contributed by atoms with E-state index in [0.29, 0.717) is 28.3 Å². The molecule has 0 aliphatic rings. The van der Waals surface area contributed by atoms with Crippen molar-refractivity contribution in [2.75, 3.05) is 5.32 Å². The molecule has 0 fully saturated rings. The standard InChI is InChI=1S/C20H17N5O/c1-12-6-7-14-10-15(13(2)23-17(14)9-12)20(26)24-18-11-22-25-19(18)16-5-3-4-8-21-16/h3-11H,1-2H3,(H,22,25)(H,24,26). The Kier molecular flexibility index (Phi) is 3.93. The summed E-state index contributed by atoms with van der Waals surface area (Å²) in [4.78, 5) is 21.7. The van der Waals surface area contributed by atoms with E-state index in [1.807, 2.05) is 56.3 Å². The summed E-state index contributed by atoms with van der Waals surface area (Å²) in [6, 6.07) is 13.4. The molecule has 128 valence electrons. The van der Waals surface area contributed by atoms with Gasteiger partial charge in [-0.2, -0.15) is 5.10 Å². The number of aromatic amines is 1. The molecule has 6 nitrogen and oxygen atoms in total. The summed E-state index contributed by atoms with van der Waals surface area (Å²) in [6.45, 7) is 3.86. The average molecular weight is 343 g/mol. The quantitative estimate of drug-likeness (QED) is 0.591. The van der Waals surface area contributed by atoms with E-state index in [0.717, 1.165) is 16.5 Å². The van der Waals surface area contributed by atoms with Crippen LogP contribution in [0.25, 0.3) is 22.3 Å². The number of fused-ring (bicyclic) bond motifs is 1. The Bertz CT molecular complexity index is 1100. The fraction of sp³-hybridized carbons (Fsp3) is 0.100. The first-order valence-electron chi connectivity index (χ1n) is 8.26. The molecule has 0 aliphatic carbocycles. The van der Waals surface area contributed by atoms with E-state index in [4.69, 9.17) is 0 Å². The van der Waals surface area contributed by atoms with Crippen LogP contribution in [0.3, 0.4) is 0 Å². The van der Waals surface area contributed by atoms with Crippen LogP contribution < -0.4 is 5.32 Å². The molecule has 1 amide bonds. The molecule has 4 aromatic rings. The summed E-state index contributed by atoms with van der Waals surface area (Å²) in [6.07, 6.45) is 3.27. The number of hydrogen-bond donors (Lipinski definition) is 2. The minimum Gasteiger partial charge on any atom is -0.319 e. The number of hydrogen-bond acceptors (Lipinski definition) is 4. The lowest BCUT2D eigenvalue weighted by Crippen LogP contribution is -2.14. The predicted molar refractivity (Wildman–Crippen MR) is 101 cm³/mol. The van der Waals surface area contributed by atoms with Crippen molar-refractivity contribution < 1.29 is 4.79 Å². The molecular formula is C20H17N5O. The van der Waals surface area contributed by atoms with Gasteiger partial charge in [0.05, 0.1) is 34.4 Å². The molecule has 0 unspecified atom stereocenters. The molecule has 0 spiro atoms. The van der Waals surface area contributed by atoms with Gasteiger partial charge in [0.25, 0.3) is 5.91 Å². The van der Waals surface area contributed by atoms with Gasteiger partial charge in [0.2, 0.25) is 0 Å². The Hall–Kier alpha value is -3.54. The molecule has 4 rings (SSSR count). The Morgan fingerprint density at radius 3 is 2.81 bits per heavy atom. The highest BCUT2D eigenvalue weighted by atomic mass is 16.1. The zero-order valence-electron chi connectivity index (χ0n) is 14.4. The number of pyridine rings is 2. The van der Waals surface area contributed by atoms with Crippen LogP contribution in [-0.2, 0) is 0 Å². The van der Waals surface area contributed by atoms with Gasteiger partial charge < -0.3 is 5.32 Å². The molecule has 1 aromatic carbocycles. The average Bonchev–Trinajstić information content (AvgIpc) is 3.09. The molecule has 26 heavy (non-hydrogen) atoms. The van der Waals surface area contributed by atoms with Crippen molar-refractivity contribution in [2.24, 2.45) is 0 Å². The minimum atomic E-state index is -0.226. The van der Waals surface area contributed by atoms with Crippen LogP contribution in [-0.4, -0.2) is 26.1 Å². The van der Waals surface area contributed by atoms with Crippen molar-refractivity contribution in [3.63, 3.8) is 0 Å². The summed E-state index contributed by atoms with van der Waals surface area (Å²) in [5, 5.41) is 10.8. The lowest BCUT2D eigenvalue weighted by Gasteiger charge is -2.09. The third kappa shape index (κ3) is 2.93. The highest BCUT2D eigenvalue weighted by Crippen LogP contribution is 2.25. The molecule has 3 aromatic heterocycles. The summed E-state index contributed by atoms with van der Waals surface area (Å²) < 4.78 is 0. The summed E-state index contributed by atoms with van der Waals surface area (Å²) >= 11 is 0. The van der Waals surface area contributed by atoms with Gasteiger partial charge in [-0.3, -0.25) is 19.9 Å². The van der Waals surface area contributed by atoms with Crippen LogP contribution in [0.1, 0.15) is 21.6 Å². The minimum absolute atomic E-state index is 0.226. The van der Waals surface area contributed by atoms with E-state index >= 15 is 0 Å². The maximum Gasteiger partial charge on any atom is 0.257 e. The number of rotatable bonds is 3. The van der Waals surface area contributed by atoms with Crippen molar-refractivity contribution in [1.82, 2.24) is 20.2 Å². The predicted octanol–water partition coefficient (Wildman–Crippen LogP) is 3.89. The number of nitrogens with one attached hydrogen (secondary N) is 2. The third-order valence-corrected chi connectivity index (χ3v) is 4.22. The lowest BCUT2D eigenvalue weighted by atomic mass is 10.1. The molecular weight excluding hydrogens is 326 g/mol. The van der Waals surface area contributed by atoms with E-state index in [1.54, 1.807) is 12.4 Å². The third-order valence-electron chi connectivity index (χ3n) is 4.22. The zero-order chi connectivity index (χ0) is 18.1. The van der Waals surface area contributed by atoms with Crippen LogP contribution in [0.15, 0.2) is 54.9 Å². The van der Waals surface area contributed by atoms with Gasteiger partial charge in [0, 0.05) is 11.6 Å². The van der Waals surface area contributed by atoms with Gasteiger partial charge in [-0.1, -0.05) is 18.2 Å². The lowest BCUT2D eigenvalue weighted by molar-refractivity contribution is 0.102. The molecule has 0 atom stereocenters. The molecule has 0 saturated heterocycles. The second kappa shape index (κ2) is 6.40. The largest absolute Gasteiger partial charge is 0.319 e. The Morgan fingerprint density at radius 1 is 1.12 bits per heavy atom. The Labute approximate surface area is 150 Å². The van der Waals surface area contributed by atoms with Gasteiger partial charge in [0.15, 0.2) is 0 Å². The number of anilines is 1. The maximum absolute atomic E-state index is 12.8. The maximum atomic E-state index is 12.8. The zero-order valence-corrected chi connectivity index (χ0v) is 14.4. The first kappa shape index (κ1) is 16.0. The highest BCUT2D eigenvalue weighted by Gasteiger charge is 2.16. The van der Waals surface area contributed by atoms with Crippen molar-refractivity contribution >= 4 is 22.5 Å². The number of carbonyl (C=O) groups excluding carboxylic acids is 1. The number of benzene rings is 1. The first-order chi connectivity index (χ1) is 12.6. The summed E-state index contributed by atoms with van der Waals surface area (Å²) in [5.74, 6) is -0.226. The van der Waals surface area contributed by atoms with Crippen LogP contribution in [0, 0.1) is 13.8 Å². The fourth-order valence-corrected chi connectivity index (χ4v) is 2.88. The van der Waals surface area contributed by atoms with Crippen LogP contribution in [0.4, 0.5) is 5.69 Å². The second-order valence-electron chi connectivity index (χ2n) is 6.15. The van der Waals surface area contributed by atoms with Gasteiger partial charge in [-0.25, -0.2) is 0 Å². The Morgan fingerprint density at radius 2 is 2.00 bits per heavy atom. The van der Waals surface area contributed by atoms with Crippen LogP contribution in [0.5, 0.6) is 0 Å². The number of amides is 1. The van der Waals surface area contributed by atoms with E-state index < -0.39 is 0 Å². The first-order valence-corrected chi connectivity index (χ1v) is 8.26. The second-order valence-corrected chi connectivity index (χ2v) is 6.15. The number of aromatic nitrogens is 4. The van der Waals surface area contributed by atoms with Gasteiger partial charge >= 0.3 is 0 Å². The highest BCUT2D eigenvalue weighted by molar-refractivity contribution is 6.08. The summed E-state index contributed by atoms with van der Waals surface area (Å²) in [5.41, 5.74) is 5.21. The number of H-pyrrole nitrogens is 1. The Balaban J connectivity index is 1.68. The smallest absolute Gasteiger partial charge is 0.257 e. The van der Waals surface area contributed by atoms with E-state index in [-0.39, 0.29) is 5.91 Å². The van der Waals surface area contributed by atoms with Gasteiger partial charge in [-0.15, -0.1) is 0 Å². The van der Waals surface area contributed by atoms with Crippen molar-refractivity contribution in [3.05, 3.63) is 71.7 Å². The topological polar surface area (TPSA) is 83.6 Å². The molecule has 0 saturated carbocycles. The van der Waals surface area contributed by atoms with Crippen molar-refractivity contribution in [1.29, 1.82) is 0 Å². The SMILES string of the molecule is Cc1ccc2cc(C(=O)Nc3cn[nH]c3-c3ccccn3)c(C)nc2c1. The van der Waals surface area contributed by atoms with Crippen LogP contribution in [0.2, 0.25) is 0 Å². The van der Waals surface area contributed by atoms with E-state index in [1.165, 1.54) is 0 Å². The molecule has 6 heteroatoms. The van der Waals surface area contributed by atoms with Gasteiger partial charge in [-0.05, 0) is 43.7 Å². The molecule has 2 N–H and O–H groups in total. The van der Waals surface area contributed by atoms with Crippen LogP contribution >= 0.6 is 0 Å². The number of nitrogens with zero attached hydrogens (tertiary/aromatic N) is 3. The number of aryl methyl sites for hydroxylation is 2. The van der Waals surface area contributed by atoms with E-state index in [2.05, 4.69) is 25.5 Å². The number of carbonyl (C=O) groups is 1. The molecule has 0 bridgehead atoms. The van der Waals surface area contributed by atoms with Crippen molar-refractivity contribution in [3.8, 4) is 11.4 Å². The molecule has 0 radical (unpaired) electrons. The molecule has 0 aliphatic heterocycles. The summed E-state index contributed by atoms with van der Waals surface area (Å²) in [7, 11) is 0.